The second-order valence-electron chi connectivity index (χ2n) is 7.52. The van der Waals surface area contributed by atoms with Crippen molar-refractivity contribution in [2.75, 3.05) is 45.7 Å². The molecule has 0 spiro atoms. The van der Waals surface area contributed by atoms with E-state index in [1.54, 1.807) is 13.3 Å². The van der Waals surface area contributed by atoms with Crippen molar-refractivity contribution in [3.8, 4) is 5.75 Å². The van der Waals surface area contributed by atoms with Gasteiger partial charge in [-0.05, 0) is 39.3 Å². The molecule has 0 radical (unpaired) electrons. The van der Waals surface area contributed by atoms with Gasteiger partial charge in [0, 0.05) is 37.0 Å². The molecule has 5 nitrogen and oxygen atoms in total. The molecule has 4 atom stereocenters. The van der Waals surface area contributed by atoms with Crippen molar-refractivity contribution in [2.24, 2.45) is 5.92 Å². The Bertz CT molecular complexity index is 584. The molecule has 4 unspecified atom stereocenters. The highest BCUT2D eigenvalue weighted by Gasteiger charge is 2.49. The van der Waals surface area contributed by atoms with Crippen molar-refractivity contribution in [2.45, 2.75) is 36.1 Å². The van der Waals surface area contributed by atoms with Gasteiger partial charge in [0.15, 0.2) is 0 Å². The summed E-state index contributed by atoms with van der Waals surface area (Å²) < 4.78 is 5.36. The number of aromatic nitrogens is 1. The molecule has 0 aromatic carbocycles. The first-order chi connectivity index (χ1) is 11.7. The second-order valence-corrected chi connectivity index (χ2v) is 8.82. The molecule has 6 heteroatoms. The normalized spacial score (nSPS) is 32.9. The Balaban J connectivity index is 1.47. The maximum atomic E-state index is 5.36. The number of anilines is 1. The maximum Gasteiger partial charge on any atom is 0.139 e. The van der Waals surface area contributed by atoms with Gasteiger partial charge in [0.2, 0.25) is 0 Å². The number of methoxy groups -OCH3 is 1. The lowest BCUT2D eigenvalue weighted by atomic mass is 9.85. The summed E-state index contributed by atoms with van der Waals surface area (Å²) in [4.78, 5) is 11.9. The lowest BCUT2D eigenvalue weighted by molar-refractivity contribution is 0.166. The van der Waals surface area contributed by atoms with Gasteiger partial charge in [0.25, 0.3) is 0 Å². The first kappa shape index (κ1) is 16.5. The molecule has 3 heterocycles. The smallest absolute Gasteiger partial charge is 0.139 e. The predicted octanol–water partition coefficient (Wildman–Crippen LogP) is 2.34. The molecule has 1 saturated carbocycles. The molecule has 132 valence electrons. The van der Waals surface area contributed by atoms with E-state index in [-0.39, 0.29) is 0 Å². The fourth-order valence-corrected chi connectivity index (χ4v) is 6.56. The van der Waals surface area contributed by atoms with Crippen LogP contribution in [0.1, 0.15) is 19.3 Å². The SMILES string of the molecule is COc1cncc(N2CCN3C4CCC(CN(C)C)CC4SC23)c1. The number of pyridine rings is 1. The Kier molecular flexibility index (Phi) is 4.62. The number of fused-ring (bicyclic) bond motifs is 3. The van der Waals surface area contributed by atoms with Gasteiger partial charge in [-0.15, -0.1) is 11.8 Å². The molecule has 3 aliphatic rings. The van der Waals surface area contributed by atoms with Gasteiger partial charge in [-0.25, -0.2) is 0 Å². The summed E-state index contributed by atoms with van der Waals surface area (Å²) in [6.45, 7) is 3.50. The number of ether oxygens (including phenoxy) is 1. The first-order valence-electron chi connectivity index (χ1n) is 8.97. The standard InChI is InChI=1S/C18H28N4OS/c1-20(2)12-13-4-5-16-17(8-13)24-18-21(6-7-22(16)18)14-9-15(23-3)11-19-10-14/h9-11,13,16-18H,4-8,12H2,1-3H3. The zero-order valence-corrected chi connectivity index (χ0v) is 15.7. The minimum Gasteiger partial charge on any atom is -0.495 e. The van der Waals surface area contributed by atoms with Crippen LogP contribution in [0.2, 0.25) is 0 Å². The van der Waals surface area contributed by atoms with Crippen molar-refractivity contribution in [1.29, 1.82) is 0 Å². The van der Waals surface area contributed by atoms with Gasteiger partial charge in [0.1, 0.15) is 11.2 Å². The largest absolute Gasteiger partial charge is 0.495 e. The third-order valence-corrected chi connectivity index (χ3v) is 7.25. The Morgan fingerprint density at radius 3 is 2.96 bits per heavy atom. The van der Waals surface area contributed by atoms with E-state index in [0.717, 1.165) is 29.5 Å². The van der Waals surface area contributed by atoms with E-state index in [0.29, 0.717) is 5.50 Å². The molecule has 2 aliphatic heterocycles. The lowest BCUT2D eigenvalue weighted by Crippen LogP contribution is -2.42. The van der Waals surface area contributed by atoms with Crippen molar-refractivity contribution < 1.29 is 4.74 Å². The highest BCUT2D eigenvalue weighted by molar-refractivity contribution is 8.00. The van der Waals surface area contributed by atoms with Crippen LogP contribution in [0.15, 0.2) is 18.5 Å². The van der Waals surface area contributed by atoms with Crippen LogP contribution < -0.4 is 9.64 Å². The third-order valence-electron chi connectivity index (χ3n) is 5.63. The summed E-state index contributed by atoms with van der Waals surface area (Å²) in [6.07, 6.45) is 7.86. The average molecular weight is 349 g/mol. The molecule has 3 fully saturated rings. The minimum absolute atomic E-state index is 0.479. The predicted molar refractivity (Wildman–Crippen MR) is 99.7 cm³/mol. The van der Waals surface area contributed by atoms with Crippen LogP contribution >= 0.6 is 11.8 Å². The van der Waals surface area contributed by atoms with Crippen molar-refractivity contribution >= 4 is 17.4 Å². The molecular formula is C18H28N4OS. The highest BCUT2D eigenvalue weighted by Crippen LogP contribution is 2.48. The van der Waals surface area contributed by atoms with E-state index in [4.69, 9.17) is 4.74 Å². The lowest BCUT2D eigenvalue weighted by Gasteiger charge is -2.35. The summed E-state index contributed by atoms with van der Waals surface area (Å²) in [5.74, 6) is 1.71. The van der Waals surface area contributed by atoms with Crippen LogP contribution in [-0.2, 0) is 0 Å². The van der Waals surface area contributed by atoms with Crippen LogP contribution in [0.4, 0.5) is 5.69 Å². The molecule has 0 N–H and O–H groups in total. The Morgan fingerprint density at radius 2 is 2.17 bits per heavy atom. The van der Waals surface area contributed by atoms with Crippen molar-refractivity contribution in [3.05, 3.63) is 18.5 Å². The van der Waals surface area contributed by atoms with Gasteiger partial charge in [-0.1, -0.05) is 0 Å². The molecule has 24 heavy (non-hydrogen) atoms. The monoisotopic (exact) mass is 348 g/mol. The summed E-state index contributed by atoms with van der Waals surface area (Å²) in [5.41, 5.74) is 1.67. The summed E-state index contributed by atoms with van der Waals surface area (Å²) in [7, 11) is 6.11. The average Bonchev–Trinajstić information content (AvgIpc) is 3.12. The van der Waals surface area contributed by atoms with Crippen LogP contribution in [0.25, 0.3) is 0 Å². The van der Waals surface area contributed by atoms with Gasteiger partial charge in [0.05, 0.1) is 25.2 Å². The van der Waals surface area contributed by atoms with E-state index >= 15 is 0 Å². The van der Waals surface area contributed by atoms with E-state index in [1.807, 2.05) is 6.20 Å². The van der Waals surface area contributed by atoms with Gasteiger partial charge >= 0.3 is 0 Å². The molecule has 2 saturated heterocycles. The fraction of sp³-hybridized carbons (Fsp3) is 0.722. The van der Waals surface area contributed by atoms with Crippen LogP contribution in [-0.4, -0.2) is 72.4 Å². The zero-order valence-electron chi connectivity index (χ0n) is 14.9. The Labute approximate surface area is 149 Å². The van der Waals surface area contributed by atoms with Crippen LogP contribution in [0, 0.1) is 5.92 Å². The van der Waals surface area contributed by atoms with Crippen molar-refractivity contribution in [3.63, 3.8) is 0 Å². The van der Waals surface area contributed by atoms with Gasteiger partial charge < -0.3 is 14.5 Å². The van der Waals surface area contributed by atoms with Crippen molar-refractivity contribution in [1.82, 2.24) is 14.8 Å². The van der Waals surface area contributed by atoms with E-state index in [2.05, 4.69) is 51.6 Å². The molecule has 1 aromatic rings. The maximum absolute atomic E-state index is 5.36. The number of thioether (sulfide) groups is 1. The molecule has 4 rings (SSSR count). The van der Waals surface area contributed by atoms with Gasteiger partial charge in [-0.2, -0.15) is 0 Å². The number of hydrogen-bond acceptors (Lipinski definition) is 6. The summed E-state index contributed by atoms with van der Waals surface area (Å²) >= 11 is 2.18. The summed E-state index contributed by atoms with van der Waals surface area (Å²) in [5, 5.41) is 0.787. The zero-order chi connectivity index (χ0) is 16.7. The molecular weight excluding hydrogens is 320 g/mol. The number of hydrogen-bond donors (Lipinski definition) is 0. The van der Waals surface area contributed by atoms with Crippen LogP contribution in [0.3, 0.4) is 0 Å². The summed E-state index contributed by atoms with van der Waals surface area (Å²) in [6, 6.07) is 2.88. The molecule has 1 aromatic heterocycles. The third kappa shape index (κ3) is 3.00. The fourth-order valence-electron chi connectivity index (χ4n) is 4.60. The Hall–Kier alpha value is -0.980. The highest BCUT2D eigenvalue weighted by atomic mass is 32.2. The quantitative estimate of drug-likeness (QED) is 0.830. The second kappa shape index (κ2) is 6.73. The Morgan fingerprint density at radius 1 is 1.29 bits per heavy atom. The molecule has 0 bridgehead atoms. The van der Waals surface area contributed by atoms with E-state index < -0.39 is 0 Å². The molecule has 1 aliphatic carbocycles. The first-order valence-corrected chi connectivity index (χ1v) is 9.91. The van der Waals surface area contributed by atoms with E-state index in [9.17, 15) is 0 Å². The number of nitrogens with zero attached hydrogens (tertiary/aromatic N) is 4. The van der Waals surface area contributed by atoms with E-state index in [1.165, 1.54) is 38.0 Å². The van der Waals surface area contributed by atoms with Gasteiger partial charge in [-0.3, -0.25) is 9.88 Å². The number of rotatable bonds is 4. The topological polar surface area (TPSA) is 31.8 Å². The van der Waals surface area contributed by atoms with Crippen LogP contribution in [0.5, 0.6) is 5.75 Å². The molecule has 0 amide bonds. The minimum atomic E-state index is 0.479.